The van der Waals surface area contributed by atoms with E-state index in [1.54, 1.807) is 11.3 Å². The molecule has 0 aliphatic rings. The third-order valence-electron chi connectivity index (χ3n) is 3.00. The average molecular weight is 284 g/mol. The summed E-state index contributed by atoms with van der Waals surface area (Å²) in [6.07, 6.45) is 1.97. The van der Waals surface area contributed by atoms with E-state index >= 15 is 0 Å². The summed E-state index contributed by atoms with van der Waals surface area (Å²) in [5.41, 5.74) is 0.0443. The Labute approximate surface area is 117 Å². The molecule has 2 aromatic heterocycles. The molecule has 2 heterocycles. The summed E-state index contributed by atoms with van der Waals surface area (Å²) in [6.45, 7) is 7.40. The second kappa shape index (κ2) is 5.41. The number of nitrogens with zero attached hydrogens (tertiary/aromatic N) is 3. The van der Waals surface area contributed by atoms with Crippen molar-refractivity contribution in [2.24, 2.45) is 0 Å². The topological polar surface area (TPSA) is 30.7 Å². The van der Waals surface area contributed by atoms with Gasteiger partial charge in [-0.3, -0.25) is 0 Å². The van der Waals surface area contributed by atoms with Crippen LogP contribution in [0.1, 0.15) is 37.9 Å². The van der Waals surface area contributed by atoms with E-state index in [0.717, 1.165) is 25.2 Å². The van der Waals surface area contributed by atoms with Crippen LogP contribution in [0.2, 0.25) is 5.28 Å². The second-order valence-electron chi connectivity index (χ2n) is 5.08. The van der Waals surface area contributed by atoms with Crippen molar-refractivity contribution < 1.29 is 0 Å². The maximum atomic E-state index is 6.14. The number of hydrogen-bond donors (Lipinski definition) is 0. The maximum absolute atomic E-state index is 6.14. The third kappa shape index (κ3) is 2.75. The van der Waals surface area contributed by atoms with Gasteiger partial charge in [0.1, 0.15) is 5.82 Å². The van der Waals surface area contributed by atoms with Gasteiger partial charge in [0.2, 0.25) is 5.28 Å². The van der Waals surface area contributed by atoms with Crippen LogP contribution in [-0.2, 0) is 18.4 Å². The van der Waals surface area contributed by atoms with E-state index < -0.39 is 0 Å². The second-order valence-corrected chi connectivity index (χ2v) is 6.37. The molecule has 0 aromatic carbocycles. The van der Waals surface area contributed by atoms with Crippen LogP contribution in [0.3, 0.4) is 0 Å². The van der Waals surface area contributed by atoms with Gasteiger partial charge in [0.05, 0.1) is 0 Å². The molecule has 0 bridgehead atoms. The Hall–Kier alpha value is -0.870. The van der Waals surface area contributed by atoms with Crippen LogP contribution in [-0.4, -0.2) is 14.8 Å². The summed E-state index contributed by atoms with van der Waals surface area (Å²) in [7, 11) is 0. The highest BCUT2D eigenvalue weighted by Crippen LogP contribution is 2.30. The minimum atomic E-state index is 0.0443. The first-order valence-electron chi connectivity index (χ1n) is 6.16. The lowest BCUT2D eigenvalue weighted by Gasteiger charge is -2.24. The molecular weight excluding hydrogens is 266 g/mol. The predicted molar refractivity (Wildman–Crippen MR) is 76.4 cm³/mol. The SMILES string of the molecule is CCCc1nnc(Cl)n1CC(C)(C)c1cccs1. The summed E-state index contributed by atoms with van der Waals surface area (Å²) >= 11 is 7.92. The lowest BCUT2D eigenvalue weighted by molar-refractivity contribution is 0.432. The van der Waals surface area contributed by atoms with Crippen molar-refractivity contribution in [3.63, 3.8) is 0 Å². The van der Waals surface area contributed by atoms with Gasteiger partial charge in [-0.25, -0.2) is 0 Å². The molecule has 0 fully saturated rings. The fourth-order valence-corrected chi connectivity index (χ4v) is 3.05. The van der Waals surface area contributed by atoms with Crippen LogP contribution in [0, 0.1) is 0 Å². The maximum Gasteiger partial charge on any atom is 0.225 e. The molecule has 0 aliphatic heterocycles. The van der Waals surface area contributed by atoms with Crippen LogP contribution in [0.5, 0.6) is 0 Å². The Morgan fingerprint density at radius 2 is 2.17 bits per heavy atom. The van der Waals surface area contributed by atoms with Crippen molar-refractivity contribution in [2.45, 2.75) is 45.6 Å². The number of hydrogen-bond acceptors (Lipinski definition) is 3. The zero-order valence-electron chi connectivity index (χ0n) is 11.0. The third-order valence-corrected chi connectivity index (χ3v) is 4.51. The van der Waals surface area contributed by atoms with Gasteiger partial charge in [0.25, 0.3) is 0 Å². The van der Waals surface area contributed by atoms with Crippen molar-refractivity contribution >= 4 is 22.9 Å². The molecule has 0 aliphatic carbocycles. The van der Waals surface area contributed by atoms with Crippen molar-refractivity contribution in [3.8, 4) is 0 Å². The van der Waals surface area contributed by atoms with Crippen LogP contribution in [0.15, 0.2) is 17.5 Å². The zero-order valence-corrected chi connectivity index (χ0v) is 12.6. The quantitative estimate of drug-likeness (QED) is 0.832. The van der Waals surface area contributed by atoms with E-state index in [1.807, 2.05) is 4.57 Å². The Morgan fingerprint density at radius 3 is 2.78 bits per heavy atom. The van der Waals surface area contributed by atoms with E-state index in [4.69, 9.17) is 11.6 Å². The lowest BCUT2D eigenvalue weighted by Crippen LogP contribution is -2.24. The van der Waals surface area contributed by atoms with Gasteiger partial charge >= 0.3 is 0 Å². The predicted octanol–water partition coefficient (Wildman–Crippen LogP) is 3.92. The molecular formula is C13H18ClN3S. The summed E-state index contributed by atoms with van der Waals surface area (Å²) < 4.78 is 2.03. The highest BCUT2D eigenvalue weighted by atomic mass is 35.5. The van der Waals surface area contributed by atoms with Gasteiger partial charge in [-0.1, -0.05) is 26.8 Å². The number of thiophene rings is 1. The summed E-state index contributed by atoms with van der Waals surface area (Å²) in [4.78, 5) is 1.36. The van der Waals surface area contributed by atoms with Gasteiger partial charge in [-0.05, 0) is 29.5 Å². The lowest BCUT2D eigenvalue weighted by atomic mass is 9.91. The molecule has 18 heavy (non-hydrogen) atoms. The normalized spacial score (nSPS) is 12.0. The fraction of sp³-hybridized carbons (Fsp3) is 0.538. The molecule has 2 rings (SSSR count). The first-order valence-corrected chi connectivity index (χ1v) is 7.42. The van der Waals surface area contributed by atoms with E-state index in [-0.39, 0.29) is 5.41 Å². The van der Waals surface area contributed by atoms with Crippen molar-refractivity contribution in [1.82, 2.24) is 14.8 Å². The first-order chi connectivity index (χ1) is 8.54. The molecule has 5 heteroatoms. The Balaban J connectivity index is 2.25. The molecule has 0 N–H and O–H groups in total. The zero-order chi connectivity index (χ0) is 13.2. The van der Waals surface area contributed by atoms with Crippen molar-refractivity contribution in [1.29, 1.82) is 0 Å². The Kier molecular flexibility index (Phi) is 4.07. The van der Waals surface area contributed by atoms with Crippen LogP contribution in [0.4, 0.5) is 0 Å². The number of aromatic nitrogens is 3. The summed E-state index contributed by atoms with van der Waals surface area (Å²) in [5.74, 6) is 0.979. The number of rotatable bonds is 5. The minimum absolute atomic E-state index is 0.0443. The van der Waals surface area contributed by atoms with Gasteiger partial charge in [-0.15, -0.1) is 21.5 Å². The van der Waals surface area contributed by atoms with Crippen LogP contribution in [0.25, 0.3) is 0 Å². The highest BCUT2D eigenvalue weighted by Gasteiger charge is 2.25. The molecule has 98 valence electrons. The largest absolute Gasteiger partial charge is 0.301 e. The average Bonchev–Trinajstić information content (AvgIpc) is 2.94. The summed E-state index contributed by atoms with van der Waals surface area (Å²) in [6, 6.07) is 4.25. The monoisotopic (exact) mass is 283 g/mol. The number of halogens is 1. The van der Waals surface area contributed by atoms with E-state index in [1.165, 1.54) is 4.88 Å². The van der Waals surface area contributed by atoms with E-state index in [9.17, 15) is 0 Å². The molecule has 3 nitrogen and oxygen atoms in total. The summed E-state index contributed by atoms with van der Waals surface area (Å²) in [5, 5.41) is 10.7. The molecule has 0 unspecified atom stereocenters. The molecule has 0 amide bonds. The van der Waals surface area contributed by atoms with Gasteiger partial charge in [0, 0.05) is 23.3 Å². The van der Waals surface area contributed by atoms with Crippen molar-refractivity contribution in [3.05, 3.63) is 33.5 Å². The standard InChI is InChI=1S/C13H18ClN3S/c1-4-6-11-15-16-12(14)17(11)9-13(2,3)10-7-5-8-18-10/h5,7-8H,4,6,9H2,1-3H3. The van der Waals surface area contributed by atoms with Crippen LogP contribution < -0.4 is 0 Å². The molecule has 2 aromatic rings. The van der Waals surface area contributed by atoms with E-state index in [2.05, 4.69) is 48.5 Å². The Morgan fingerprint density at radius 1 is 1.39 bits per heavy atom. The van der Waals surface area contributed by atoms with Crippen molar-refractivity contribution in [2.75, 3.05) is 0 Å². The minimum Gasteiger partial charge on any atom is -0.301 e. The molecule has 0 spiro atoms. The van der Waals surface area contributed by atoms with Crippen LogP contribution >= 0.6 is 22.9 Å². The van der Waals surface area contributed by atoms with Gasteiger partial charge < -0.3 is 4.57 Å². The molecule has 0 saturated heterocycles. The highest BCUT2D eigenvalue weighted by molar-refractivity contribution is 7.10. The molecule has 0 radical (unpaired) electrons. The van der Waals surface area contributed by atoms with E-state index in [0.29, 0.717) is 5.28 Å². The Bertz CT molecular complexity index is 502. The van der Waals surface area contributed by atoms with Gasteiger partial charge in [0.15, 0.2) is 0 Å². The smallest absolute Gasteiger partial charge is 0.225 e. The van der Waals surface area contributed by atoms with Gasteiger partial charge in [-0.2, -0.15) is 0 Å². The molecule has 0 saturated carbocycles. The molecule has 0 atom stereocenters. The fourth-order valence-electron chi connectivity index (χ4n) is 2.02. The first kappa shape index (κ1) is 13.6. The number of aryl methyl sites for hydroxylation is 1.